The van der Waals surface area contributed by atoms with Gasteiger partial charge in [-0.15, -0.1) is 0 Å². The third kappa shape index (κ3) is 6.03. The number of rotatable bonds is 9. The van der Waals surface area contributed by atoms with Crippen molar-refractivity contribution in [2.45, 2.75) is 71.6 Å². The molecule has 3 aromatic rings. The zero-order valence-electron chi connectivity index (χ0n) is 20.7. The van der Waals surface area contributed by atoms with Crippen molar-refractivity contribution in [2.75, 3.05) is 0 Å². The van der Waals surface area contributed by atoms with Gasteiger partial charge in [0.1, 0.15) is 5.82 Å². The Bertz CT molecular complexity index is 1070. The van der Waals surface area contributed by atoms with E-state index in [4.69, 9.17) is 0 Å². The number of hydrogen-bond acceptors (Lipinski definition) is 1. The SMILES string of the molecule is CCCc1ccc(-c2ccc(-c3ccc(C(=O)C[C@H]4CC[C@H](CCC)CC4)cc3)c(F)c2)cc1. The molecule has 4 rings (SSSR count). The third-order valence-corrected chi connectivity index (χ3v) is 7.45. The van der Waals surface area contributed by atoms with Crippen LogP contribution in [0.25, 0.3) is 22.3 Å². The van der Waals surface area contributed by atoms with E-state index in [1.54, 1.807) is 6.07 Å². The molecule has 1 fully saturated rings. The quantitative estimate of drug-likeness (QED) is 0.293. The Morgan fingerprint density at radius 2 is 1.38 bits per heavy atom. The molecule has 1 nitrogen and oxygen atoms in total. The second-order valence-corrected chi connectivity index (χ2v) is 10.0. The second-order valence-electron chi connectivity index (χ2n) is 10.0. The van der Waals surface area contributed by atoms with Crippen LogP contribution in [-0.4, -0.2) is 5.78 Å². The minimum Gasteiger partial charge on any atom is -0.294 e. The highest BCUT2D eigenvalue weighted by Gasteiger charge is 2.23. The molecule has 0 bridgehead atoms. The highest BCUT2D eigenvalue weighted by atomic mass is 19.1. The van der Waals surface area contributed by atoms with Gasteiger partial charge in [-0.05, 0) is 59.4 Å². The van der Waals surface area contributed by atoms with Crippen molar-refractivity contribution in [1.29, 1.82) is 0 Å². The molecule has 0 aromatic heterocycles. The van der Waals surface area contributed by atoms with Crippen LogP contribution in [0.1, 0.15) is 81.1 Å². The number of Topliss-reactive ketones (excluding diaryl/α,β-unsaturated/α-hetero) is 1. The first-order chi connectivity index (χ1) is 16.6. The number of aryl methyl sites for hydroxylation is 1. The van der Waals surface area contributed by atoms with Crippen molar-refractivity contribution < 1.29 is 9.18 Å². The normalized spacial score (nSPS) is 18.1. The lowest BCUT2D eigenvalue weighted by atomic mass is 9.78. The van der Waals surface area contributed by atoms with E-state index >= 15 is 4.39 Å². The van der Waals surface area contributed by atoms with Crippen LogP contribution >= 0.6 is 0 Å². The molecule has 1 saturated carbocycles. The van der Waals surface area contributed by atoms with Gasteiger partial charge < -0.3 is 0 Å². The summed E-state index contributed by atoms with van der Waals surface area (Å²) in [5.74, 6) is 1.35. The van der Waals surface area contributed by atoms with Crippen LogP contribution in [0.4, 0.5) is 4.39 Å². The van der Waals surface area contributed by atoms with Crippen LogP contribution in [0.15, 0.2) is 66.7 Å². The predicted octanol–water partition coefficient (Wildman–Crippen LogP) is 9.29. The number of carbonyl (C=O) groups excluding carboxylic acids is 1. The molecule has 178 valence electrons. The van der Waals surface area contributed by atoms with Crippen molar-refractivity contribution in [3.05, 3.63) is 83.7 Å². The summed E-state index contributed by atoms with van der Waals surface area (Å²) in [5.41, 5.74) is 5.32. The van der Waals surface area contributed by atoms with Crippen molar-refractivity contribution in [1.82, 2.24) is 0 Å². The highest BCUT2D eigenvalue weighted by Crippen LogP contribution is 2.34. The molecule has 3 aromatic carbocycles. The molecule has 0 atom stereocenters. The molecule has 1 aliphatic carbocycles. The maximum absolute atomic E-state index is 15.0. The monoisotopic (exact) mass is 456 g/mol. The minimum absolute atomic E-state index is 0.216. The molecule has 0 unspecified atom stereocenters. The van der Waals surface area contributed by atoms with Gasteiger partial charge in [0.15, 0.2) is 5.78 Å². The van der Waals surface area contributed by atoms with Crippen molar-refractivity contribution in [3.8, 4) is 22.3 Å². The largest absolute Gasteiger partial charge is 0.294 e. The van der Waals surface area contributed by atoms with Gasteiger partial charge in [-0.25, -0.2) is 4.39 Å². The average Bonchev–Trinajstić information content (AvgIpc) is 2.86. The standard InChI is InChI=1S/C32H37FO/c1-3-5-23-7-9-25(10-8-23)21-32(34)28-17-15-27(16-18-28)30-20-19-29(22-31(30)33)26-13-11-24(6-4-2)12-14-26/h11-20,22-23,25H,3-10,21H2,1-2H3/t23-,25-. The topological polar surface area (TPSA) is 17.1 Å². The summed E-state index contributed by atoms with van der Waals surface area (Å²) in [4.78, 5) is 12.8. The van der Waals surface area contributed by atoms with Gasteiger partial charge in [-0.1, -0.05) is 107 Å². The summed E-state index contributed by atoms with van der Waals surface area (Å²) in [6.45, 7) is 4.43. The second kappa shape index (κ2) is 11.6. The van der Waals surface area contributed by atoms with Crippen LogP contribution < -0.4 is 0 Å². The van der Waals surface area contributed by atoms with Gasteiger partial charge in [0.2, 0.25) is 0 Å². The zero-order chi connectivity index (χ0) is 23.9. The first-order valence-electron chi connectivity index (χ1n) is 13.1. The number of ketones is 1. The Labute approximate surface area is 204 Å². The molecule has 2 heteroatoms. The number of carbonyl (C=O) groups is 1. The van der Waals surface area contributed by atoms with E-state index in [0.717, 1.165) is 41.0 Å². The molecule has 0 radical (unpaired) electrons. The smallest absolute Gasteiger partial charge is 0.163 e. The maximum atomic E-state index is 15.0. The Hall–Kier alpha value is -2.74. The summed E-state index contributed by atoms with van der Waals surface area (Å²) in [7, 11) is 0. The Balaban J connectivity index is 1.40. The fourth-order valence-corrected chi connectivity index (χ4v) is 5.43. The third-order valence-electron chi connectivity index (χ3n) is 7.45. The minimum atomic E-state index is -0.238. The van der Waals surface area contributed by atoms with Crippen LogP contribution in [-0.2, 0) is 6.42 Å². The van der Waals surface area contributed by atoms with E-state index < -0.39 is 0 Å². The molecule has 0 spiro atoms. The van der Waals surface area contributed by atoms with E-state index in [9.17, 15) is 4.79 Å². The Kier molecular flexibility index (Phi) is 8.32. The molecular weight excluding hydrogens is 419 g/mol. The average molecular weight is 457 g/mol. The number of hydrogen-bond donors (Lipinski definition) is 0. The maximum Gasteiger partial charge on any atom is 0.163 e. The molecule has 0 aliphatic heterocycles. The Morgan fingerprint density at radius 3 is 2.00 bits per heavy atom. The predicted molar refractivity (Wildman–Crippen MR) is 141 cm³/mol. The van der Waals surface area contributed by atoms with Crippen LogP contribution in [0.2, 0.25) is 0 Å². The van der Waals surface area contributed by atoms with E-state index in [2.05, 4.69) is 38.1 Å². The van der Waals surface area contributed by atoms with Gasteiger partial charge in [-0.3, -0.25) is 4.79 Å². The van der Waals surface area contributed by atoms with Crippen molar-refractivity contribution in [3.63, 3.8) is 0 Å². The first-order valence-corrected chi connectivity index (χ1v) is 13.1. The number of benzene rings is 3. The summed E-state index contributed by atoms with van der Waals surface area (Å²) in [6.07, 6.45) is 10.3. The van der Waals surface area contributed by atoms with Gasteiger partial charge in [-0.2, -0.15) is 0 Å². The molecule has 0 N–H and O–H groups in total. The van der Waals surface area contributed by atoms with Gasteiger partial charge in [0.25, 0.3) is 0 Å². The van der Waals surface area contributed by atoms with E-state index in [0.29, 0.717) is 17.9 Å². The fraction of sp³-hybridized carbons (Fsp3) is 0.406. The lowest BCUT2D eigenvalue weighted by Crippen LogP contribution is -2.17. The van der Waals surface area contributed by atoms with E-state index in [1.165, 1.54) is 44.1 Å². The van der Waals surface area contributed by atoms with Gasteiger partial charge >= 0.3 is 0 Å². The number of halogens is 1. The molecular formula is C32H37FO. The summed E-state index contributed by atoms with van der Waals surface area (Å²) >= 11 is 0. The molecule has 34 heavy (non-hydrogen) atoms. The lowest BCUT2D eigenvalue weighted by molar-refractivity contribution is 0.0942. The zero-order valence-corrected chi connectivity index (χ0v) is 20.7. The summed E-state index contributed by atoms with van der Waals surface area (Å²) < 4.78 is 15.0. The first kappa shape index (κ1) is 24.4. The lowest BCUT2D eigenvalue weighted by Gasteiger charge is -2.27. The van der Waals surface area contributed by atoms with Crippen LogP contribution in [0.3, 0.4) is 0 Å². The fourth-order valence-electron chi connectivity index (χ4n) is 5.43. The molecule has 0 amide bonds. The van der Waals surface area contributed by atoms with Crippen molar-refractivity contribution in [2.24, 2.45) is 11.8 Å². The Morgan fingerprint density at radius 1 is 0.765 bits per heavy atom. The van der Waals surface area contributed by atoms with E-state index in [1.807, 2.05) is 36.4 Å². The molecule has 0 saturated heterocycles. The van der Waals surface area contributed by atoms with Crippen molar-refractivity contribution >= 4 is 5.78 Å². The molecule has 1 aliphatic rings. The summed E-state index contributed by atoms with van der Waals surface area (Å²) in [5, 5.41) is 0. The van der Waals surface area contributed by atoms with Gasteiger partial charge in [0, 0.05) is 17.5 Å². The summed E-state index contributed by atoms with van der Waals surface area (Å²) in [6, 6.07) is 21.3. The highest BCUT2D eigenvalue weighted by molar-refractivity contribution is 5.96. The van der Waals surface area contributed by atoms with Crippen LogP contribution in [0.5, 0.6) is 0 Å². The molecule has 0 heterocycles. The van der Waals surface area contributed by atoms with Gasteiger partial charge in [0.05, 0.1) is 0 Å². The van der Waals surface area contributed by atoms with Crippen LogP contribution in [0, 0.1) is 17.7 Å². The van der Waals surface area contributed by atoms with E-state index in [-0.39, 0.29) is 11.6 Å².